The minimum absolute atomic E-state index is 0.0268. The molecule has 3 aliphatic carbocycles. The largest absolute Gasteiger partial charge is 0.496 e. The van der Waals surface area contributed by atoms with Gasteiger partial charge in [0.1, 0.15) is 23.6 Å². The zero-order chi connectivity index (χ0) is 39.3. The van der Waals surface area contributed by atoms with Crippen LogP contribution in [0.5, 0.6) is 11.5 Å². The van der Waals surface area contributed by atoms with E-state index in [1.807, 2.05) is 38.4 Å². The first-order valence-corrected chi connectivity index (χ1v) is 19.9. The highest BCUT2D eigenvalue weighted by molar-refractivity contribution is 5.99. The molecule has 4 N–H and O–H groups in total. The molecule has 7 rings (SSSR count). The fraction of sp³-hybridized carbons (Fsp3) is 0.674. The second-order valence-corrected chi connectivity index (χ2v) is 18.5. The number of carbonyl (C=O) groups is 2. The molecule has 2 heterocycles. The van der Waals surface area contributed by atoms with Crippen LogP contribution < -0.4 is 20.1 Å². The van der Waals surface area contributed by atoms with Gasteiger partial charge in [-0.3, -0.25) is 14.4 Å². The van der Waals surface area contributed by atoms with Crippen molar-refractivity contribution in [1.82, 2.24) is 20.6 Å². The van der Waals surface area contributed by atoms with Gasteiger partial charge in [-0.05, 0) is 92.1 Å². The van der Waals surface area contributed by atoms with E-state index in [9.17, 15) is 19.8 Å². The number of aliphatic hydroxyl groups excluding tert-OH is 2. The summed E-state index contributed by atoms with van der Waals surface area (Å²) in [5.41, 5.74) is 4.15. The Morgan fingerprint density at radius 1 is 1.17 bits per heavy atom. The summed E-state index contributed by atoms with van der Waals surface area (Å²) in [4.78, 5) is 36.7. The molecular weight excluding hydrogens is 684 g/mol. The predicted octanol–water partition coefficient (Wildman–Crippen LogP) is 5.05. The van der Waals surface area contributed by atoms with Crippen LogP contribution in [0.3, 0.4) is 0 Å². The summed E-state index contributed by atoms with van der Waals surface area (Å²) in [6.07, 6.45) is 2.00. The summed E-state index contributed by atoms with van der Waals surface area (Å²) in [5, 5.41) is 29.6. The zero-order valence-corrected chi connectivity index (χ0v) is 34.1. The molecular formula is C43H64N4O7. The van der Waals surface area contributed by atoms with Gasteiger partial charge in [-0.15, -0.1) is 0 Å². The third-order valence-electron chi connectivity index (χ3n) is 12.8. The number of methoxy groups -OCH3 is 1. The summed E-state index contributed by atoms with van der Waals surface area (Å²) in [7, 11) is 5.64. The molecule has 0 unspecified atom stereocenters. The summed E-state index contributed by atoms with van der Waals surface area (Å²) < 4.78 is 12.1. The number of likely N-dealkylation sites (N-methyl/N-ethyl adjacent to an activating group) is 1. The fourth-order valence-electron chi connectivity index (χ4n) is 10.1. The van der Waals surface area contributed by atoms with E-state index in [2.05, 4.69) is 63.1 Å². The number of nitrogens with one attached hydrogen (secondary N) is 2. The summed E-state index contributed by atoms with van der Waals surface area (Å²) in [6, 6.07) is 8.95. The third kappa shape index (κ3) is 8.03. The molecule has 0 radical (unpaired) electrons. The standard InChI is InChI=1S/C43H64N4O7/c1-24-33-18-29(43(33,6)7)19-34(24)45-41(51)37-36(25(2)49)35(23-48)54-47(37)21-27-12-11-13-31(38(27)52-10)28-16-26-14-15-53-39(26)32(17-28)40(50)44-30(22-46(8)9)20-42(3,4)5/h11-13,16-17,24-25,29-30,33-37,48-49H,14-15,18-23H2,1-10H3,(H,44,50)(H,45,51)/t24-,25-,29-,30-,33+,34-,35-,36+,37-/m0/s1. The maximum absolute atomic E-state index is 14.3. The Hall–Kier alpha value is -3.22. The number of para-hydroxylation sites is 1. The van der Waals surface area contributed by atoms with Gasteiger partial charge in [-0.25, -0.2) is 0 Å². The Morgan fingerprint density at radius 3 is 2.52 bits per heavy atom. The number of hydrogen-bond donors (Lipinski definition) is 4. The average molecular weight is 749 g/mol. The second-order valence-electron chi connectivity index (χ2n) is 18.5. The Bertz CT molecular complexity index is 1690. The number of benzene rings is 2. The van der Waals surface area contributed by atoms with Gasteiger partial charge in [0.15, 0.2) is 0 Å². The Kier molecular flexibility index (Phi) is 11.8. The Morgan fingerprint density at radius 2 is 1.91 bits per heavy atom. The summed E-state index contributed by atoms with van der Waals surface area (Å²) >= 11 is 0. The van der Waals surface area contributed by atoms with Gasteiger partial charge in [-0.2, -0.15) is 5.06 Å². The van der Waals surface area contributed by atoms with Crippen molar-refractivity contribution < 1.29 is 34.1 Å². The monoisotopic (exact) mass is 748 g/mol. The first-order chi connectivity index (χ1) is 25.4. The highest BCUT2D eigenvalue weighted by Gasteiger charge is 2.57. The van der Waals surface area contributed by atoms with Crippen LogP contribution in [0.2, 0.25) is 0 Å². The van der Waals surface area contributed by atoms with E-state index in [-0.39, 0.29) is 47.9 Å². The quantitative estimate of drug-likeness (QED) is 0.222. The summed E-state index contributed by atoms with van der Waals surface area (Å²) in [5.74, 6) is 1.67. The van der Waals surface area contributed by atoms with E-state index >= 15 is 0 Å². The van der Waals surface area contributed by atoms with Crippen molar-refractivity contribution >= 4 is 11.8 Å². The molecule has 298 valence electrons. The molecule has 11 nitrogen and oxygen atoms in total. The van der Waals surface area contributed by atoms with Gasteiger partial charge < -0.3 is 35.2 Å². The molecule has 5 aliphatic rings. The Balaban J connectivity index is 1.29. The van der Waals surface area contributed by atoms with Crippen LogP contribution in [-0.2, 0) is 22.6 Å². The molecule has 11 heteroatoms. The number of carbonyl (C=O) groups excluding carboxylic acids is 2. The number of hydroxylamine groups is 2. The minimum atomic E-state index is -0.897. The SMILES string of the molecule is COc1c(CN2O[C@@H](CO)[C@@H]([C@H](C)O)[C@H]2C(=O)N[C@H]2C[C@@H]3C[C@H]([C@@H]2C)C3(C)C)cccc1-c1cc2c(c(C(=O)N[C@H](CN(C)C)CC(C)(C)C)c1)OCC2. The smallest absolute Gasteiger partial charge is 0.255 e. The number of amides is 2. The van der Waals surface area contributed by atoms with Crippen molar-refractivity contribution in [2.24, 2.45) is 34.5 Å². The number of nitrogens with zero attached hydrogens (tertiary/aromatic N) is 2. The molecule has 2 amide bonds. The first-order valence-electron chi connectivity index (χ1n) is 19.9. The van der Waals surface area contributed by atoms with E-state index in [1.54, 1.807) is 19.1 Å². The molecule has 2 aromatic rings. The lowest BCUT2D eigenvalue weighted by atomic mass is 9.45. The van der Waals surface area contributed by atoms with Crippen LogP contribution in [0, 0.1) is 34.5 Å². The highest BCUT2D eigenvalue weighted by atomic mass is 16.7. The third-order valence-corrected chi connectivity index (χ3v) is 12.8. The molecule has 2 aromatic carbocycles. The van der Waals surface area contributed by atoms with Crippen LogP contribution in [-0.4, -0.2) is 103 Å². The van der Waals surface area contributed by atoms with Crippen LogP contribution in [0.25, 0.3) is 11.1 Å². The fourth-order valence-corrected chi connectivity index (χ4v) is 10.1. The zero-order valence-electron chi connectivity index (χ0n) is 34.1. The van der Waals surface area contributed by atoms with Crippen molar-refractivity contribution in [3.8, 4) is 22.6 Å². The van der Waals surface area contributed by atoms with Gasteiger partial charge in [0.2, 0.25) is 5.91 Å². The molecule has 54 heavy (non-hydrogen) atoms. The maximum Gasteiger partial charge on any atom is 0.255 e. The van der Waals surface area contributed by atoms with Crippen molar-refractivity contribution in [3.63, 3.8) is 0 Å². The second kappa shape index (κ2) is 15.7. The number of hydrogen-bond acceptors (Lipinski definition) is 9. The molecule has 4 fully saturated rings. The lowest BCUT2D eigenvalue weighted by Gasteiger charge is -2.62. The first kappa shape index (κ1) is 40.4. The topological polar surface area (TPSA) is 133 Å². The average Bonchev–Trinajstić information content (AvgIpc) is 3.72. The molecule has 0 aromatic heterocycles. The molecule has 0 spiro atoms. The van der Waals surface area contributed by atoms with Crippen molar-refractivity contribution in [2.75, 3.05) is 41.0 Å². The molecule has 2 aliphatic heterocycles. The number of ether oxygens (including phenoxy) is 2. The molecule has 1 saturated heterocycles. The van der Waals surface area contributed by atoms with Crippen molar-refractivity contribution in [1.29, 1.82) is 0 Å². The van der Waals surface area contributed by atoms with E-state index in [0.29, 0.717) is 54.4 Å². The molecule has 2 bridgehead atoms. The van der Waals surface area contributed by atoms with Crippen LogP contribution >= 0.6 is 0 Å². The van der Waals surface area contributed by atoms with Crippen molar-refractivity contribution in [3.05, 3.63) is 47.0 Å². The normalized spacial score (nSPS) is 28.5. The number of aliphatic hydroxyl groups is 2. The lowest BCUT2D eigenvalue weighted by Crippen LogP contribution is -2.62. The van der Waals surface area contributed by atoms with Gasteiger partial charge in [0.25, 0.3) is 5.91 Å². The molecule has 9 atom stereocenters. The molecule has 3 saturated carbocycles. The van der Waals surface area contributed by atoms with E-state index < -0.39 is 24.2 Å². The van der Waals surface area contributed by atoms with Gasteiger partial charge >= 0.3 is 0 Å². The van der Waals surface area contributed by atoms with Gasteiger partial charge in [0.05, 0.1) is 38.5 Å². The Labute approximate surface area is 322 Å². The van der Waals surface area contributed by atoms with Crippen LogP contribution in [0.1, 0.15) is 89.2 Å². The lowest BCUT2D eigenvalue weighted by molar-refractivity contribution is -0.183. The van der Waals surface area contributed by atoms with Gasteiger partial charge in [0, 0.05) is 42.1 Å². The number of fused-ring (bicyclic) bond motifs is 3. The van der Waals surface area contributed by atoms with E-state index in [4.69, 9.17) is 14.3 Å². The van der Waals surface area contributed by atoms with Crippen LogP contribution in [0.15, 0.2) is 30.3 Å². The highest BCUT2D eigenvalue weighted by Crippen LogP contribution is 2.61. The predicted molar refractivity (Wildman–Crippen MR) is 209 cm³/mol. The number of rotatable bonds is 13. The summed E-state index contributed by atoms with van der Waals surface area (Å²) in [6.45, 7) is 16.2. The van der Waals surface area contributed by atoms with E-state index in [0.717, 1.165) is 35.1 Å². The van der Waals surface area contributed by atoms with Crippen molar-refractivity contribution in [2.45, 2.75) is 111 Å². The maximum atomic E-state index is 14.3. The van der Waals surface area contributed by atoms with E-state index in [1.165, 1.54) is 6.42 Å². The van der Waals surface area contributed by atoms with Crippen LogP contribution in [0.4, 0.5) is 0 Å². The minimum Gasteiger partial charge on any atom is -0.496 e. The van der Waals surface area contributed by atoms with Gasteiger partial charge in [-0.1, -0.05) is 59.7 Å².